The summed E-state index contributed by atoms with van der Waals surface area (Å²) in [5, 5.41) is 0.157. The highest BCUT2D eigenvalue weighted by Crippen LogP contribution is 2.41. The third-order valence-corrected chi connectivity index (χ3v) is 5.11. The minimum Gasteiger partial charge on any atom is -0.460 e. The number of carbonyl (C=O) groups excluding carboxylic acids is 2. The average molecular weight is 443 g/mol. The second kappa shape index (κ2) is 8.69. The highest BCUT2D eigenvalue weighted by atomic mass is 35.5. The first-order valence-electron chi connectivity index (χ1n) is 10.2. The second-order valence-corrected chi connectivity index (χ2v) is 10.4. The van der Waals surface area contributed by atoms with Gasteiger partial charge in [-0.25, -0.2) is 14.2 Å². The van der Waals surface area contributed by atoms with Gasteiger partial charge in [-0.15, -0.1) is 0 Å². The molecule has 30 heavy (non-hydrogen) atoms. The van der Waals surface area contributed by atoms with Crippen LogP contribution in [0.3, 0.4) is 0 Å². The molecule has 1 aromatic rings. The zero-order valence-electron chi connectivity index (χ0n) is 18.8. The Bertz CT molecular complexity index is 803. The fourth-order valence-electron chi connectivity index (χ4n) is 3.63. The lowest BCUT2D eigenvalue weighted by molar-refractivity contribution is -0.172. The lowest BCUT2D eigenvalue weighted by Crippen LogP contribution is -2.54. The minimum atomic E-state index is -1.02. The molecule has 8 heteroatoms. The van der Waals surface area contributed by atoms with Gasteiger partial charge in [0.05, 0.1) is 11.1 Å². The molecular formula is C22H32ClFN2O4. The maximum atomic E-state index is 14.4. The molecule has 0 bridgehead atoms. The molecule has 1 aliphatic rings. The van der Waals surface area contributed by atoms with Crippen molar-refractivity contribution in [2.24, 2.45) is 5.41 Å². The summed E-state index contributed by atoms with van der Waals surface area (Å²) in [7, 11) is 0. The molecule has 1 aromatic heterocycles. The van der Waals surface area contributed by atoms with Gasteiger partial charge in [0.1, 0.15) is 22.2 Å². The van der Waals surface area contributed by atoms with Gasteiger partial charge >= 0.3 is 12.1 Å². The van der Waals surface area contributed by atoms with E-state index in [9.17, 15) is 14.0 Å². The molecule has 1 fully saturated rings. The first-order chi connectivity index (χ1) is 13.6. The van der Waals surface area contributed by atoms with Crippen molar-refractivity contribution < 1.29 is 23.5 Å². The summed E-state index contributed by atoms with van der Waals surface area (Å²) < 4.78 is 25.6. The number of hydrogen-bond donors (Lipinski definition) is 0. The molecule has 0 unspecified atom stereocenters. The fraction of sp³-hybridized carbons (Fsp3) is 0.682. The molecule has 0 aromatic carbocycles. The number of nitrogens with zero attached hydrogens (tertiary/aromatic N) is 2. The molecular weight excluding hydrogens is 411 g/mol. The molecule has 2 heterocycles. The summed E-state index contributed by atoms with van der Waals surface area (Å²) >= 11 is 5.96. The van der Waals surface area contributed by atoms with Crippen molar-refractivity contribution in [3.05, 3.63) is 28.8 Å². The topological polar surface area (TPSA) is 68.7 Å². The van der Waals surface area contributed by atoms with Gasteiger partial charge in [-0.3, -0.25) is 4.79 Å². The van der Waals surface area contributed by atoms with E-state index in [-0.39, 0.29) is 29.9 Å². The monoisotopic (exact) mass is 442 g/mol. The molecule has 168 valence electrons. The number of amides is 1. The van der Waals surface area contributed by atoms with Crippen LogP contribution in [0.15, 0.2) is 12.1 Å². The van der Waals surface area contributed by atoms with Crippen LogP contribution in [-0.2, 0) is 20.7 Å². The Hall–Kier alpha value is -1.89. The number of rotatable bonds is 3. The Kier molecular flexibility index (Phi) is 7.06. The number of hydrogen-bond acceptors (Lipinski definition) is 5. The van der Waals surface area contributed by atoms with Gasteiger partial charge in [0.2, 0.25) is 0 Å². The first kappa shape index (κ1) is 24.4. The van der Waals surface area contributed by atoms with Crippen LogP contribution in [0.2, 0.25) is 5.15 Å². The summed E-state index contributed by atoms with van der Waals surface area (Å²) in [6.07, 6.45) is 0.217. The standard InChI is InChI=1S/C22H32ClFN2O4/c1-14-12-22(18(27)29-20(2,3)4,13-16-15(24)8-9-17(23)25-16)10-11-26(14)19(28)30-21(5,6)7/h8-9,14H,10-13H2,1-7H3/t14-,22-/m1/s1. The molecule has 6 nitrogen and oxygen atoms in total. The number of aromatic nitrogens is 1. The predicted octanol–water partition coefficient (Wildman–Crippen LogP) is 5.16. The molecule has 1 amide bonds. The number of pyridine rings is 1. The normalized spacial score (nSPS) is 22.6. The SMILES string of the molecule is C[C@@H]1C[C@](Cc2nc(Cl)ccc2F)(C(=O)OC(C)(C)C)CCN1C(=O)OC(C)(C)C. The van der Waals surface area contributed by atoms with Gasteiger partial charge in [-0.1, -0.05) is 11.6 Å². The molecule has 0 saturated carbocycles. The van der Waals surface area contributed by atoms with Crippen molar-refractivity contribution in [1.29, 1.82) is 0 Å². The fourth-order valence-corrected chi connectivity index (χ4v) is 3.80. The lowest BCUT2D eigenvalue weighted by atomic mass is 9.72. The van der Waals surface area contributed by atoms with E-state index in [1.165, 1.54) is 12.1 Å². The largest absolute Gasteiger partial charge is 0.460 e. The quantitative estimate of drug-likeness (QED) is 0.477. The third-order valence-electron chi connectivity index (χ3n) is 4.90. The van der Waals surface area contributed by atoms with E-state index in [1.54, 1.807) is 46.4 Å². The number of carbonyl (C=O) groups is 2. The zero-order chi connectivity index (χ0) is 22.9. The van der Waals surface area contributed by atoms with Crippen LogP contribution in [0, 0.1) is 11.2 Å². The van der Waals surface area contributed by atoms with Crippen LogP contribution in [0.5, 0.6) is 0 Å². The van der Waals surface area contributed by atoms with Crippen molar-refractivity contribution in [2.75, 3.05) is 6.54 Å². The lowest BCUT2D eigenvalue weighted by Gasteiger charge is -2.44. The Labute approximate surface area is 183 Å². The summed E-state index contributed by atoms with van der Waals surface area (Å²) in [6, 6.07) is 2.31. The van der Waals surface area contributed by atoms with Gasteiger partial charge in [-0.05, 0) is 73.4 Å². The smallest absolute Gasteiger partial charge is 0.410 e. The van der Waals surface area contributed by atoms with Crippen molar-refractivity contribution in [3.8, 4) is 0 Å². The second-order valence-electron chi connectivity index (χ2n) is 10.00. The van der Waals surface area contributed by atoms with Crippen LogP contribution in [-0.4, -0.2) is 45.7 Å². The van der Waals surface area contributed by atoms with E-state index >= 15 is 0 Å². The zero-order valence-corrected chi connectivity index (χ0v) is 19.6. The summed E-state index contributed by atoms with van der Waals surface area (Å²) in [5.41, 5.74) is -2.23. The van der Waals surface area contributed by atoms with Gasteiger partial charge < -0.3 is 14.4 Å². The van der Waals surface area contributed by atoms with Crippen LogP contribution < -0.4 is 0 Å². The molecule has 2 atom stereocenters. The molecule has 0 aliphatic carbocycles. The average Bonchev–Trinajstić information content (AvgIpc) is 2.55. The Morgan fingerprint density at radius 1 is 1.20 bits per heavy atom. The summed E-state index contributed by atoms with van der Waals surface area (Å²) in [4.78, 5) is 31.5. The molecule has 1 aliphatic heterocycles. The Morgan fingerprint density at radius 2 is 1.80 bits per heavy atom. The highest BCUT2D eigenvalue weighted by molar-refractivity contribution is 6.29. The third kappa shape index (κ3) is 6.30. The van der Waals surface area contributed by atoms with Gasteiger partial charge in [-0.2, -0.15) is 0 Å². The van der Waals surface area contributed by atoms with Crippen molar-refractivity contribution >= 4 is 23.7 Å². The van der Waals surface area contributed by atoms with Crippen LogP contribution >= 0.6 is 11.6 Å². The van der Waals surface area contributed by atoms with Crippen molar-refractivity contribution in [2.45, 2.75) is 85.0 Å². The maximum absolute atomic E-state index is 14.4. The highest BCUT2D eigenvalue weighted by Gasteiger charge is 2.48. The molecule has 0 radical (unpaired) electrons. The van der Waals surface area contributed by atoms with Crippen LogP contribution in [0.1, 0.15) is 67.0 Å². The Morgan fingerprint density at radius 3 is 2.33 bits per heavy atom. The van der Waals surface area contributed by atoms with Crippen molar-refractivity contribution in [1.82, 2.24) is 9.88 Å². The summed E-state index contributed by atoms with van der Waals surface area (Å²) in [6.45, 7) is 12.9. The van der Waals surface area contributed by atoms with E-state index in [0.29, 0.717) is 12.8 Å². The number of esters is 1. The molecule has 0 N–H and O–H groups in total. The van der Waals surface area contributed by atoms with E-state index in [4.69, 9.17) is 21.1 Å². The predicted molar refractivity (Wildman–Crippen MR) is 113 cm³/mol. The minimum absolute atomic E-state index is 0.0425. The van der Waals surface area contributed by atoms with Gasteiger partial charge in [0, 0.05) is 19.0 Å². The van der Waals surface area contributed by atoms with Crippen molar-refractivity contribution in [3.63, 3.8) is 0 Å². The molecule has 1 saturated heterocycles. The van der Waals surface area contributed by atoms with E-state index < -0.39 is 34.5 Å². The number of likely N-dealkylation sites (tertiary alicyclic amines) is 1. The number of ether oxygens (including phenoxy) is 2. The van der Waals surface area contributed by atoms with E-state index in [0.717, 1.165) is 0 Å². The summed E-state index contributed by atoms with van der Waals surface area (Å²) in [5.74, 6) is -0.948. The van der Waals surface area contributed by atoms with Gasteiger partial charge in [0.15, 0.2) is 0 Å². The van der Waals surface area contributed by atoms with E-state index in [1.807, 2.05) is 6.92 Å². The first-order valence-corrected chi connectivity index (χ1v) is 10.5. The molecule has 2 rings (SSSR count). The van der Waals surface area contributed by atoms with E-state index in [2.05, 4.69) is 4.98 Å². The Balaban J connectivity index is 2.33. The number of halogens is 2. The maximum Gasteiger partial charge on any atom is 0.410 e. The molecule has 0 spiro atoms. The number of piperidine rings is 1. The van der Waals surface area contributed by atoms with Crippen LogP contribution in [0.4, 0.5) is 9.18 Å². The van der Waals surface area contributed by atoms with Crippen LogP contribution in [0.25, 0.3) is 0 Å². The van der Waals surface area contributed by atoms with Gasteiger partial charge in [0.25, 0.3) is 0 Å².